The van der Waals surface area contributed by atoms with Gasteiger partial charge in [-0.05, 0) is 38.4 Å². The predicted octanol–water partition coefficient (Wildman–Crippen LogP) is 3.77. The number of hydrogen-bond donors (Lipinski definition) is 0. The largest absolute Gasteiger partial charge is 0.336 e. The Hall–Kier alpha value is -1.43. The Labute approximate surface area is 151 Å². The van der Waals surface area contributed by atoms with Gasteiger partial charge in [0.2, 0.25) is 0 Å². The first-order valence-corrected chi connectivity index (χ1v) is 9.66. The van der Waals surface area contributed by atoms with Crippen LogP contribution in [-0.2, 0) is 0 Å². The number of halogens is 1. The molecule has 0 radical (unpaired) electrons. The summed E-state index contributed by atoms with van der Waals surface area (Å²) in [5.74, 6) is 0.104. The molecule has 2 aromatic rings. The van der Waals surface area contributed by atoms with Crippen LogP contribution in [0.15, 0.2) is 30.5 Å². The molecule has 1 atom stereocenters. The van der Waals surface area contributed by atoms with Crippen LogP contribution < -0.4 is 0 Å². The van der Waals surface area contributed by atoms with E-state index >= 15 is 0 Å². The molecule has 0 saturated carbocycles. The van der Waals surface area contributed by atoms with Crippen molar-refractivity contribution in [1.29, 1.82) is 0 Å². The molecule has 2 saturated heterocycles. The van der Waals surface area contributed by atoms with Gasteiger partial charge in [-0.25, -0.2) is 4.98 Å². The smallest absolute Gasteiger partial charge is 0.265 e. The third-order valence-corrected chi connectivity index (χ3v) is 6.28. The molecular weight excluding hydrogens is 342 g/mol. The van der Waals surface area contributed by atoms with E-state index in [0.29, 0.717) is 15.9 Å². The summed E-state index contributed by atoms with van der Waals surface area (Å²) in [5.41, 5.74) is 0.889. The minimum atomic E-state index is 0.104. The molecule has 2 aliphatic heterocycles. The van der Waals surface area contributed by atoms with Crippen LogP contribution >= 0.6 is 22.9 Å². The Morgan fingerprint density at radius 2 is 2.00 bits per heavy atom. The molecule has 0 N–H and O–H groups in total. The molecule has 2 fully saturated rings. The van der Waals surface area contributed by atoms with E-state index in [1.54, 1.807) is 6.20 Å². The zero-order chi connectivity index (χ0) is 16.5. The van der Waals surface area contributed by atoms with Crippen molar-refractivity contribution >= 4 is 28.8 Å². The van der Waals surface area contributed by atoms with Crippen LogP contribution in [0.4, 0.5) is 0 Å². The Balaban J connectivity index is 1.47. The number of benzene rings is 1. The molecule has 6 heteroatoms. The molecule has 0 spiro atoms. The monoisotopic (exact) mass is 361 g/mol. The van der Waals surface area contributed by atoms with Gasteiger partial charge in [-0.15, -0.1) is 11.3 Å². The molecule has 126 valence electrons. The van der Waals surface area contributed by atoms with Gasteiger partial charge in [-0.2, -0.15) is 0 Å². The zero-order valence-corrected chi connectivity index (χ0v) is 15.0. The van der Waals surface area contributed by atoms with Crippen LogP contribution in [0.3, 0.4) is 0 Å². The highest BCUT2D eigenvalue weighted by atomic mass is 35.5. The maximum absolute atomic E-state index is 12.8. The predicted molar refractivity (Wildman–Crippen MR) is 97.7 cm³/mol. The van der Waals surface area contributed by atoms with E-state index in [1.165, 1.54) is 37.3 Å². The minimum absolute atomic E-state index is 0.104. The molecule has 0 aliphatic carbocycles. The van der Waals surface area contributed by atoms with Gasteiger partial charge in [0.05, 0.1) is 11.2 Å². The lowest BCUT2D eigenvalue weighted by molar-refractivity contribution is 0.0784. The molecule has 1 unspecified atom stereocenters. The van der Waals surface area contributed by atoms with Gasteiger partial charge in [-0.3, -0.25) is 9.69 Å². The lowest BCUT2D eigenvalue weighted by Gasteiger charge is -2.23. The quantitative estimate of drug-likeness (QED) is 0.834. The van der Waals surface area contributed by atoms with Crippen LogP contribution in [0, 0.1) is 0 Å². The summed E-state index contributed by atoms with van der Waals surface area (Å²) in [5, 5.41) is 1.47. The molecule has 1 aromatic carbocycles. The number of thiazole rings is 1. The Morgan fingerprint density at radius 3 is 2.79 bits per heavy atom. The Bertz CT molecular complexity index is 741. The molecule has 1 aromatic heterocycles. The van der Waals surface area contributed by atoms with Crippen molar-refractivity contribution in [1.82, 2.24) is 14.8 Å². The van der Waals surface area contributed by atoms with Crippen LogP contribution in [0.5, 0.6) is 0 Å². The molecule has 0 bridgehead atoms. The third kappa shape index (κ3) is 3.08. The highest BCUT2D eigenvalue weighted by Crippen LogP contribution is 2.32. The fourth-order valence-corrected chi connectivity index (χ4v) is 4.82. The zero-order valence-electron chi connectivity index (χ0n) is 13.4. The van der Waals surface area contributed by atoms with Crippen LogP contribution in [0.1, 0.15) is 28.9 Å². The van der Waals surface area contributed by atoms with Gasteiger partial charge in [-0.1, -0.05) is 29.8 Å². The van der Waals surface area contributed by atoms with Crippen molar-refractivity contribution < 1.29 is 4.79 Å². The number of amides is 1. The van der Waals surface area contributed by atoms with E-state index in [2.05, 4.69) is 9.88 Å². The second-order valence-corrected chi connectivity index (χ2v) is 7.88. The van der Waals surface area contributed by atoms with Gasteiger partial charge >= 0.3 is 0 Å². The summed E-state index contributed by atoms with van der Waals surface area (Å²) < 4.78 is 0. The standard InChI is InChI=1S/C18H20ClN3OS/c19-15-6-2-1-5-14(15)17-20-11-16(24-17)18(23)22-10-7-13(12-22)21-8-3-4-9-21/h1-2,5-6,11,13H,3-4,7-10,12H2. The van der Waals surface area contributed by atoms with E-state index < -0.39 is 0 Å². The normalized spacial score (nSPS) is 21.5. The summed E-state index contributed by atoms with van der Waals surface area (Å²) >= 11 is 7.66. The molecule has 24 heavy (non-hydrogen) atoms. The summed E-state index contributed by atoms with van der Waals surface area (Å²) in [7, 11) is 0. The van der Waals surface area contributed by atoms with Crippen molar-refractivity contribution in [3.8, 4) is 10.6 Å². The Morgan fingerprint density at radius 1 is 1.21 bits per heavy atom. The van der Waals surface area contributed by atoms with Gasteiger partial charge in [0.25, 0.3) is 5.91 Å². The Kier molecular flexibility index (Phi) is 4.57. The minimum Gasteiger partial charge on any atom is -0.336 e. The van der Waals surface area contributed by atoms with E-state index in [4.69, 9.17) is 11.6 Å². The number of likely N-dealkylation sites (tertiary alicyclic amines) is 2. The van der Waals surface area contributed by atoms with Crippen LogP contribution in [-0.4, -0.2) is 52.9 Å². The fourth-order valence-electron chi connectivity index (χ4n) is 3.62. The molecule has 4 nitrogen and oxygen atoms in total. The maximum atomic E-state index is 12.8. The molecule has 2 aliphatic rings. The molecule has 3 heterocycles. The highest BCUT2D eigenvalue weighted by Gasteiger charge is 2.32. The fraction of sp³-hybridized carbons (Fsp3) is 0.444. The third-order valence-electron chi connectivity index (χ3n) is 4.93. The van der Waals surface area contributed by atoms with E-state index in [0.717, 1.165) is 30.1 Å². The van der Waals surface area contributed by atoms with Crippen LogP contribution in [0.2, 0.25) is 5.02 Å². The molecule has 1 amide bonds. The lowest BCUT2D eigenvalue weighted by Crippen LogP contribution is -2.36. The van der Waals surface area contributed by atoms with Gasteiger partial charge < -0.3 is 4.90 Å². The number of aromatic nitrogens is 1. The van der Waals surface area contributed by atoms with Crippen molar-refractivity contribution in [2.75, 3.05) is 26.2 Å². The lowest BCUT2D eigenvalue weighted by atomic mass is 10.2. The summed E-state index contributed by atoms with van der Waals surface area (Å²) in [6.45, 7) is 4.06. The van der Waals surface area contributed by atoms with Crippen molar-refractivity contribution in [3.05, 3.63) is 40.4 Å². The van der Waals surface area contributed by atoms with E-state index in [1.807, 2.05) is 29.2 Å². The van der Waals surface area contributed by atoms with Crippen LogP contribution in [0.25, 0.3) is 10.6 Å². The first-order chi connectivity index (χ1) is 11.7. The summed E-state index contributed by atoms with van der Waals surface area (Å²) in [6.07, 6.45) is 5.36. The summed E-state index contributed by atoms with van der Waals surface area (Å²) in [4.78, 5) is 22.4. The number of carbonyl (C=O) groups is 1. The highest BCUT2D eigenvalue weighted by molar-refractivity contribution is 7.17. The SMILES string of the molecule is O=C(c1cnc(-c2ccccc2Cl)s1)N1CCC(N2CCCC2)C1. The number of carbonyl (C=O) groups excluding carboxylic acids is 1. The van der Waals surface area contributed by atoms with Gasteiger partial charge in [0.15, 0.2) is 0 Å². The maximum Gasteiger partial charge on any atom is 0.265 e. The average molecular weight is 362 g/mol. The van der Waals surface area contributed by atoms with Crippen molar-refractivity contribution in [2.45, 2.75) is 25.3 Å². The van der Waals surface area contributed by atoms with E-state index in [-0.39, 0.29) is 5.91 Å². The second-order valence-electron chi connectivity index (χ2n) is 6.45. The second kappa shape index (κ2) is 6.82. The van der Waals surface area contributed by atoms with Crippen molar-refractivity contribution in [3.63, 3.8) is 0 Å². The van der Waals surface area contributed by atoms with Gasteiger partial charge in [0.1, 0.15) is 9.88 Å². The molecular formula is C18H20ClN3OS. The molecule has 4 rings (SSSR count). The first kappa shape index (κ1) is 16.1. The number of rotatable bonds is 3. The number of hydrogen-bond acceptors (Lipinski definition) is 4. The van der Waals surface area contributed by atoms with Gasteiger partial charge in [0, 0.05) is 24.7 Å². The topological polar surface area (TPSA) is 36.4 Å². The van der Waals surface area contributed by atoms with Crippen molar-refractivity contribution in [2.24, 2.45) is 0 Å². The number of nitrogens with zero attached hydrogens (tertiary/aromatic N) is 3. The average Bonchev–Trinajstić information content (AvgIpc) is 3.34. The first-order valence-electron chi connectivity index (χ1n) is 8.46. The summed E-state index contributed by atoms with van der Waals surface area (Å²) in [6, 6.07) is 8.15. The van der Waals surface area contributed by atoms with E-state index in [9.17, 15) is 4.79 Å².